The van der Waals surface area contributed by atoms with Crippen LogP contribution in [-0.2, 0) is 6.61 Å². The third-order valence-corrected chi connectivity index (χ3v) is 6.46. The van der Waals surface area contributed by atoms with Gasteiger partial charge in [0.25, 0.3) is 5.91 Å². The number of methoxy groups -OCH3 is 1. The third-order valence-electron chi connectivity index (χ3n) is 6.46. The minimum Gasteiger partial charge on any atom is -0.493 e. The van der Waals surface area contributed by atoms with Gasteiger partial charge in [-0.1, -0.05) is 36.4 Å². The fourth-order valence-electron chi connectivity index (χ4n) is 4.59. The highest BCUT2D eigenvalue weighted by Gasteiger charge is 2.42. The molecule has 1 amide bonds. The van der Waals surface area contributed by atoms with Gasteiger partial charge in [0, 0.05) is 13.1 Å². The number of fused-ring (bicyclic) bond motifs is 2. The zero-order valence-corrected chi connectivity index (χ0v) is 20.9. The summed E-state index contributed by atoms with van der Waals surface area (Å²) < 4.78 is 31.5. The molecule has 1 atom stereocenters. The Hall–Kier alpha value is -4.17. The van der Waals surface area contributed by atoms with Crippen molar-refractivity contribution in [3.63, 3.8) is 0 Å². The third kappa shape index (κ3) is 4.68. The van der Waals surface area contributed by atoms with E-state index in [1.54, 1.807) is 17.0 Å². The quantitative estimate of drug-likeness (QED) is 0.350. The van der Waals surface area contributed by atoms with Gasteiger partial charge in [0.05, 0.1) is 24.1 Å². The van der Waals surface area contributed by atoms with Gasteiger partial charge in [0.15, 0.2) is 16.9 Å². The molecule has 8 heteroatoms. The predicted molar refractivity (Wildman–Crippen MR) is 138 cm³/mol. The maximum Gasteiger partial charge on any atom is 0.290 e. The fraction of sp³-hybridized carbons (Fsp3) is 0.241. The first kappa shape index (κ1) is 24.5. The molecule has 5 rings (SSSR count). The van der Waals surface area contributed by atoms with Gasteiger partial charge in [-0.3, -0.25) is 9.59 Å². The number of carbonyl (C=O) groups is 1. The second kappa shape index (κ2) is 10.1. The Balaban J connectivity index is 1.58. The van der Waals surface area contributed by atoms with Gasteiger partial charge in [0.2, 0.25) is 5.76 Å². The number of ether oxygens (including phenoxy) is 2. The molecule has 0 saturated heterocycles. The van der Waals surface area contributed by atoms with Crippen LogP contribution in [0.25, 0.3) is 11.0 Å². The van der Waals surface area contributed by atoms with E-state index in [1.807, 2.05) is 55.4 Å². The molecule has 0 saturated carbocycles. The van der Waals surface area contributed by atoms with Gasteiger partial charge >= 0.3 is 0 Å². The Labute approximate surface area is 213 Å². The molecule has 37 heavy (non-hydrogen) atoms. The van der Waals surface area contributed by atoms with E-state index in [1.165, 1.54) is 19.2 Å². The summed E-state index contributed by atoms with van der Waals surface area (Å²) in [6.45, 7) is 1.30. The average molecular weight is 503 g/mol. The van der Waals surface area contributed by atoms with Crippen LogP contribution in [0.3, 0.4) is 0 Å². The number of halogens is 1. The Morgan fingerprint density at radius 1 is 1.00 bits per heavy atom. The second-order valence-corrected chi connectivity index (χ2v) is 9.20. The van der Waals surface area contributed by atoms with Gasteiger partial charge in [-0.2, -0.15) is 0 Å². The summed E-state index contributed by atoms with van der Waals surface area (Å²) in [5.74, 6) is 0.0571. The molecule has 3 aromatic carbocycles. The van der Waals surface area contributed by atoms with Crippen molar-refractivity contribution in [3.8, 4) is 11.5 Å². The second-order valence-electron chi connectivity index (χ2n) is 9.20. The summed E-state index contributed by atoms with van der Waals surface area (Å²) >= 11 is 0. The lowest BCUT2D eigenvalue weighted by Gasteiger charge is -2.27. The van der Waals surface area contributed by atoms with Gasteiger partial charge in [-0.05, 0) is 55.6 Å². The van der Waals surface area contributed by atoms with Crippen LogP contribution in [0.5, 0.6) is 11.5 Å². The van der Waals surface area contributed by atoms with Crippen LogP contribution < -0.4 is 14.9 Å². The van der Waals surface area contributed by atoms with Crippen molar-refractivity contribution in [1.82, 2.24) is 9.80 Å². The SMILES string of the molecule is COc1cc(C2c3c(oc4ccc(F)cc4c3=O)C(=O)N2CCN(C)C)ccc1OCc1ccccc1. The number of hydrogen-bond donors (Lipinski definition) is 0. The molecule has 0 bridgehead atoms. The van der Waals surface area contributed by atoms with Crippen molar-refractivity contribution >= 4 is 16.9 Å². The van der Waals surface area contributed by atoms with Gasteiger partial charge in [-0.15, -0.1) is 0 Å². The lowest BCUT2D eigenvalue weighted by atomic mass is 9.98. The topological polar surface area (TPSA) is 72.2 Å². The number of likely N-dealkylation sites (N-methyl/N-ethyl adjacent to an activating group) is 1. The van der Waals surface area contributed by atoms with E-state index < -0.39 is 17.3 Å². The largest absolute Gasteiger partial charge is 0.493 e. The van der Waals surface area contributed by atoms with Crippen molar-refractivity contribution < 1.29 is 23.1 Å². The molecule has 7 nitrogen and oxygen atoms in total. The van der Waals surface area contributed by atoms with Crippen LogP contribution in [-0.4, -0.2) is 50.0 Å². The van der Waals surface area contributed by atoms with E-state index >= 15 is 0 Å². The first-order valence-corrected chi connectivity index (χ1v) is 11.9. The summed E-state index contributed by atoms with van der Waals surface area (Å²) in [7, 11) is 5.35. The van der Waals surface area contributed by atoms with Crippen molar-refractivity contribution in [3.05, 3.63) is 105 Å². The van der Waals surface area contributed by atoms with Crippen molar-refractivity contribution in [1.29, 1.82) is 0 Å². The normalized spacial score (nSPS) is 14.9. The molecule has 0 N–H and O–H groups in total. The van der Waals surface area contributed by atoms with Gasteiger partial charge < -0.3 is 23.7 Å². The Kier molecular flexibility index (Phi) is 6.67. The first-order chi connectivity index (χ1) is 17.9. The van der Waals surface area contributed by atoms with Crippen LogP contribution in [0.4, 0.5) is 4.39 Å². The monoisotopic (exact) mass is 502 g/mol. The fourth-order valence-corrected chi connectivity index (χ4v) is 4.59. The summed E-state index contributed by atoms with van der Waals surface area (Å²) in [4.78, 5) is 30.6. The van der Waals surface area contributed by atoms with E-state index in [0.717, 1.165) is 11.6 Å². The van der Waals surface area contributed by atoms with Crippen molar-refractivity contribution in [2.75, 3.05) is 34.3 Å². The standard InChI is InChI=1S/C29H27FN2O5/c1-31(2)13-14-32-26(25-27(33)21-16-20(30)10-12-22(21)37-28(25)29(32)34)19-9-11-23(24(15-19)35-3)36-17-18-7-5-4-6-8-18/h4-12,15-16,26H,13-14,17H2,1-3H3. The Morgan fingerprint density at radius 3 is 2.51 bits per heavy atom. The molecular formula is C29H27FN2O5. The summed E-state index contributed by atoms with van der Waals surface area (Å²) in [5.41, 5.74) is 1.62. The zero-order chi connectivity index (χ0) is 26.1. The minimum atomic E-state index is -0.719. The molecule has 1 unspecified atom stereocenters. The molecule has 2 heterocycles. The maximum absolute atomic E-state index is 14.0. The lowest BCUT2D eigenvalue weighted by molar-refractivity contribution is 0.0716. The van der Waals surface area contributed by atoms with Crippen LogP contribution in [0.2, 0.25) is 0 Å². The molecule has 1 aromatic heterocycles. The Morgan fingerprint density at radius 2 is 1.78 bits per heavy atom. The van der Waals surface area contributed by atoms with Crippen molar-refractivity contribution in [2.24, 2.45) is 0 Å². The number of rotatable bonds is 8. The zero-order valence-electron chi connectivity index (χ0n) is 20.9. The van der Waals surface area contributed by atoms with Crippen LogP contribution in [0, 0.1) is 5.82 Å². The highest BCUT2D eigenvalue weighted by Crippen LogP contribution is 2.41. The van der Waals surface area contributed by atoms with E-state index in [4.69, 9.17) is 13.9 Å². The van der Waals surface area contributed by atoms with E-state index in [2.05, 4.69) is 0 Å². The number of benzene rings is 3. The number of carbonyl (C=O) groups excluding carboxylic acids is 1. The molecule has 4 aromatic rings. The smallest absolute Gasteiger partial charge is 0.290 e. The molecule has 0 spiro atoms. The average Bonchev–Trinajstić information content (AvgIpc) is 3.18. The summed E-state index contributed by atoms with van der Waals surface area (Å²) in [5, 5.41) is 0.0980. The van der Waals surface area contributed by atoms with E-state index in [9.17, 15) is 14.0 Å². The van der Waals surface area contributed by atoms with Crippen LogP contribution in [0.1, 0.15) is 33.3 Å². The van der Waals surface area contributed by atoms with Crippen LogP contribution in [0.15, 0.2) is 75.9 Å². The maximum atomic E-state index is 14.0. The predicted octanol–water partition coefficient (Wildman–Crippen LogP) is 4.63. The molecule has 1 aliphatic rings. The highest BCUT2D eigenvalue weighted by atomic mass is 19.1. The minimum absolute atomic E-state index is 0.0174. The van der Waals surface area contributed by atoms with Crippen molar-refractivity contribution in [2.45, 2.75) is 12.6 Å². The molecule has 0 aliphatic carbocycles. The molecule has 0 radical (unpaired) electrons. The highest BCUT2D eigenvalue weighted by molar-refractivity contribution is 5.99. The number of hydrogen-bond acceptors (Lipinski definition) is 6. The van der Waals surface area contributed by atoms with E-state index in [0.29, 0.717) is 36.8 Å². The molecule has 0 fully saturated rings. The molecule has 1 aliphatic heterocycles. The molecule has 190 valence electrons. The summed E-state index contributed by atoms with van der Waals surface area (Å²) in [6, 6.07) is 18.1. The number of amides is 1. The number of nitrogens with zero attached hydrogens (tertiary/aromatic N) is 2. The van der Waals surface area contributed by atoms with E-state index in [-0.39, 0.29) is 28.2 Å². The first-order valence-electron chi connectivity index (χ1n) is 11.9. The van der Waals surface area contributed by atoms with Crippen LogP contribution >= 0.6 is 0 Å². The molecular weight excluding hydrogens is 475 g/mol. The lowest BCUT2D eigenvalue weighted by Crippen LogP contribution is -2.35. The summed E-state index contributed by atoms with van der Waals surface area (Å²) in [6.07, 6.45) is 0. The Bertz CT molecular complexity index is 1520. The van der Waals surface area contributed by atoms with Gasteiger partial charge in [0.1, 0.15) is 18.0 Å². The van der Waals surface area contributed by atoms with Gasteiger partial charge in [-0.25, -0.2) is 4.39 Å².